The van der Waals surface area contributed by atoms with Crippen LogP contribution in [0.2, 0.25) is 0 Å². The van der Waals surface area contributed by atoms with Crippen LogP contribution in [-0.4, -0.2) is 60.3 Å². The molecule has 10 heteroatoms. The summed E-state index contributed by atoms with van der Waals surface area (Å²) < 4.78 is 10.5. The average molecular weight is 697 g/mol. The van der Waals surface area contributed by atoms with Gasteiger partial charge in [0.25, 0.3) is 0 Å². The number of esters is 2. The van der Waals surface area contributed by atoms with Crippen molar-refractivity contribution >= 4 is 23.8 Å². The van der Waals surface area contributed by atoms with E-state index in [9.17, 15) is 29.4 Å². The van der Waals surface area contributed by atoms with Crippen molar-refractivity contribution in [2.75, 3.05) is 26.3 Å². The molecule has 0 spiro atoms. The molecule has 0 aliphatic heterocycles. The van der Waals surface area contributed by atoms with Gasteiger partial charge in [0, 0.05) is 12.8 Å². The number of amides is 2. The van der Waals surface area contributed by atoms with Crippen molar-refractivity contribution in [2.24, 2.45) is 0 Å². The van der Waals surface area contributed by atoms with Crippen molar-refractivity contribution < 1.29 is 38.9 Å². The number of ether oxygens (including phenoxy) is 2. The Kier molecular flexibility index (Phi) is 14.1. The van der Waals surface area contributed by atoms with Crippen LogP contribution in [0.25, 0.3) is 0 Å². The van der Waals surface area contributed by atoms with Gasteiger partial charge in [0.2, 0.25) is 0 Å². The van der Waals surface area contributed by atoms with Crippen LogP contribution in [0.4, 0.5) is 0 Å². The molecule has 0 atom stereocenters. The number of benzene rings is 2. The van der Waals surface area contributed by atoms with Crippen molar-refractivity contribution in [3.63, 3.8) is 0 Å². The highest BCUT2D eigenvalue weighted by Crippen LogP contribution is 2.39. The lowest BCUT2D eigenvalue weighted by molar-refractivity contribution is -0.145. The number of phenolic OH excluding ortho intramolecular Hbond substituents is 2. The molecule has 0 radical (unpaired) electrons. The molecule has 2 aromatic rings. The summed E-state index contributed by atoms with van der Waals surface area (Å²) >= 11 is 0. The van der Waals surface area contributed by atoms with Gasteiger partial charge in [-0.2, -0.15) is 0 Å². The topological polar surface area (TPSA) is 151 Å². The van der Waals surface area contributed by atoms with Gasteiger partial charge in [0.05, 0.1) is 13.1 Å². The number of hydrogen-bond acceptors (Lipinski definition) is 8. The van der Waals surface area contributed by atoms with E-state index >= 15 is 0 Å². The van der Waals surface area contributed by atoms with E-state index in [1.165, 1.54) is 0 Å². The van der Waals surface area contributed by atoms with Crippen LogP contribution >= 0.6 is 0 Å². The average Bonchev–Trinajstić information content (AvgIpc) is 2.97. The van der Waals surface area contributed by atoms with E-state index in [4.69, 9.17) is 9.47 Å². The van der Waals surface area contributed by atoms with Crippen molar-refractivity contribution in [1.82, 2.24) is 10.6 Å². The lowest BCUT2D eigenvalue weighted by atomic mass is 9.78. The number of aromatic hydroxyl groups is 2. The first-order valence-electron chi connectivity index (χ1n) is 17.4. The quantitative estimate of drug-likeness (QED) is 0.117. The summed E-state index contributed by atoms with van der Waals surface area (Å²) in [5, 5.41) is 26.1. The van der Waals surface area contributed by atoms with Gasteiger partial charge in [0.15, 0.2) is 0 Å². The second kappa shape index (κ2) is 16.8. The van der Waals surface area contributed by atoms with Crippen molar-refractivity contribution in [1.29, 1.82) is 0 Å². The second-order valence-corrected chi connectivity index (χ2v) is 17.0. The Morgan fingerprint density at radius 3 is 1.10 bits per heavy atom. The summed E-state index contributed by atoms with van der Waals surface area (Å²) in [6.07, 6.45) is 1.10. The first-order chi connectivity index (χ1) is 22.8. The van der Waals surface area contributed by atoms with Gasteiger partial charge < -0.3 is 30.3 Å². The molecule has 2 amide bonds. The van der Waals surface area contributed by atoms with Gasteiger partial charge in [-0.3, -0.25) is 19.2 Å². The molecular formula is C40H60N2O8. The molecule has 278 valence electrons. The summed E-state index contributed by atoms with van der Waals surface area (Å²) in [6.45, 7) is 24.2. The minimum Gasteiger partial charge on any atom is -0.508 e. The molecule has 0 unspecified atom stereocenters. The summed E-state index contributed by atoms with van der Waals surface area (Å²) in [5.74, 6) is -2.19. The molecular weight excluding hydrogens is 636 g/mol. The summed E-state index contributed by atoms with van der Waals surface area (Å²) in [7, 11) is 0. The lowest BCUT2D eigenvalue weighted by Gasteiger charge is -2.28. The fourth-order valence-corrected chi connectivity index (χ4v) is 5.71. The third-order valence-electron chi connectivity index (χ3n) is 8.38. The maximum atomic E-state index is 12.5. The predicted octanol–water partition coefficient (Wildman–Crippen LogP) is 6.17. The van der Waals surface area contributed by atoms with Gasteiger partial charge in [-0.25, -0.2) is 0 Å². The molecule has 0 aliphatic rings. The third-order valence-corrected chi connectivity index (χ3v) is 8.38. The van der Waals surface area contributed by atoms with Gasteiger partial charge in [-0.05, 0) is 80.0 Å². The van der Waals surface area contributed by atoms with E-state index in [-0.39, 0.29) is 72.3 Å². The maximum absolute atomic E-state index is 12.5. The van der Waals surface area contributed by atoms with Crippen LogP contribution in [0.3, 0.4) is 0 Å². The van der Waals surface area contributed by atoms with E-state index < -0.39 is 23.8 Å². The Labute approximate surface area is 298 Å². The summed E-state index contributed by atoms with van der Waals surface area (Å²) in [6, 6.07) is 7.50. The van der Waals surface area contributed by atoms with Crippen molar-refractivity contribution in [3.05, 3.63) is 57.6 Å². The molecule has 0 saturated carbocycles. The van der Waals surface area contributed by atoms with Crippen LogP contribution in [-0.2, 0) is 63.2 Å². The number of carbonyl (C=O) groups is 4. The molecule has 4 N–H and O–H groups in total. The van der Waals surface area contributed by atoms with Crippen molar-refractivity contribution in [3.8, 4) is 11.5 Å². The standard InChI is InChI=1S/C40H60N2O8/c1-37(2,3)27-23-31(43)29(39(7,8)9)21-25(27)13-15-33(45)49-19-17-41-35(47)36(48)42-18-20-50-34(46)16-14-26-22-30(40(10,11)12)32(44)24-28(26)38(4,5)6/h21-24,43-44H,13-20H2,1-12H3,(H,41,47)(H,42,48). The van der Waals surface area contributed by atoms with Gasteiger partial charge >= 0.3 is 23.8 Å². The minimum atomic E-state index is -0.891. The molecule has 2 rings (SSSR count). The van der Waals surface area contributed by atoms with E-state index in [0.29, 0.717) is 12.8 Å². The fourth-order valence-electron chi connectivity index (χ4n) is 5.71. The Bertz CT molecular complexity index is 1420. The zero-order valence-electron chi connectivity index (χ0n) is 32.3. The zero-order valence-corrected chi connectivity index (χ0v) is 32.3. The third kappa shape index (κ3) is 12.7. The smallest absolute Gasteiger partial charge is 0.309 e. The number of nitrogens with one attached hydrogen (secondary N) is 2. The summed E-state index contributed by atoms with van der Waals surface area (Å²) in [5.41, 5.74) is 4.46. The van der Waals surface area contributed by atoms with E-state index in [0.717, 1.165) is 33.4 Å². The minimum absolute atomic E-state index is 0.0433. The van der Waals surface area contributed by atoms with Gasteiger partial charge in [0.1, 0.15) is 24.7 Å². The zero-order chi connectivity index (χ0) is 38.2. The van der Waals surface area contributed by atoms with Crippen LogP contribution in [0.5, 0.6) is 11.5 Å². The number of phenols is 2. The first-order valence-corrected chi connectivity index (χ1v) is 17.4. The van der Waals surface area contributed by atoms with E-state index in [1.54, 1.807) is 12.1 Å². The largest absolute Gasteiger partial charge is 0.508 e. The number of hydrogen-bond donors (Lipinski definition) is 4. The fraction of sp³-hybridized carbons (Fsp3) is 0.600. The molecule has 10 nitrogen and oxygen atoms in total. The van der Waals surface area contributed by atoms with Gasteiger partial charge in [-0.1, -0.05) is 95.2 Å². The highest BCUT2D eigenvalue weighted by atomic mass is 16.5. The number of rotatable bonds is 12. The first kappa shape index (κ1) is 42.1. The van der Waals surface area contributed by atoms with E-state index in [1.807, 2.05) is 53.7 Å². The van der Waals surface area contributed by atoms with Crippen LogP contribution < -0.4 is 10.6 Å². The molecule has 0 fully saturated rings. The second-order valence-electron chi connectivity index (χ2n) is 17.0. The highest BCUT2D eigenvalue weighted by Gasteiger charge is 2.27. The monoisotopic (exact) mass is 696 g/mol. The molecule has 0 aromatic heterocycles. The van der Waals surface area contributed by atoms with E-state index in [2.05, 4.69) is 52.2 Å². The van der Waals surface area contributed by atoms with Crippen LogP contribution in [0.1, 0.15) is 129 Å². The SMILES string of the molecule is CC(C)(C)c1cc(CCC(=O)OCCNC(=O)C(=O)NCCOC(=O)CCc2cc(C(C)(C)C)c(O)cc2C(C)(C)C)c(C(C)(C)C)cc1O. The maximum Gasteiger partial charge on any atom is 0.309 e. The molecule has 2 aromatic carbocycles. The van der Waals surface area contributed by atoms with Gasteiger partial charge in [-0.15, -0.1) is 0 Å². The predicted molar refractivity (Wildman–Crippen MR) is 196 cm³/mol. The number of aryl methyl sites for hydroxylation is 2. The Morgan fingerprint density at radius 2 is 0.820 bits per heavy atom. The van der Waals surface area contributed by atoms with Crippen LogP contribution in [0.15, 0.2) is 24.3 Å². The molecule has 0 heterocycles. The Hall–Kier alpha value is -4.08. The lowest BCUT2D eigenvalue weighted by Crippen LogP contribution is -2.42. The Morgan fingerprint density at radius 1 is 0.520 bits per heavy atom. The normalized spacial score (nSPS) is 12.3. The molecule has 0 saturated heterocycles. The highest BCUT2D eigenvalue weighted by molar-refractivity contribution is 6.35. The number of carbonyl (C=O) groups excluding carboxylic acids is 4. The summed E-state index contributed by atoms with van der Waals surface area (Å²) in [4.78, 5) is 49.3. The van der Waals surface area contributed by atoms with Crippen molar-refractivity contribution in [2.45, 2.75) is 130 Å². The molecule has 0 aliphatic carbocycles. The Balaban J connectivity index is 1.76. The molecule has 50 heavy (non-hydrogen) atoms. The van der Waals surface area contributed by atoms with Crippen LogP contribution in [0, 0.1) is 0 Å². The molecule has 0 bridgehead atoms.